The molecular weight excluding hydrogens is 145 g/mol. The number of allylic oxidation sites excluding steroid dienone is 1. The van der Waals surface area contributed by atoms with Gasteiger partial charge in [-0.25, -0.2) is 0 Å². The Morgan fingerprint density at radius 1 is 1.30 bits per heavy atom. The molecule has 0 fully saturated rings. The van der Waals surface area contributed by atoms with E-state index in [1.165, 1.54) is 0 Å². The molecule has 0 unspecified atom stereocenters. The molecule has 0 aliphatic rings. The van der Waals surface area contributed by atoms with E-state index in [9.17, 15) is 13.2 Å². The Morgan fingerprint density at radius 3 is 1.90 bits per heavy atom. The molecule has 0 amide bonds. The van der Waals surface area contributed by atoms with Crippen LogP contribution in [0, 0.1) is 0 Å². The van der Waals surface area contributed by atoms with Gasteiger partial charge in [0.25, 0.3) is 0 Å². The molecule has 0 bridgehead atoms. The van der Waals surface area contributed by atoms with Crippen LogP contribution in [0.4, 0.5) is 13.2 Å². The van der Waals surface area contributed by atoms with Crippen molar-refractivity contribution in [2.45, 2.75) is 6.18 Å². The van der Waals surface area contributed by atoms with E-state index in [-0.39, 0.29) is 0 Å². The molecule has 5 heteroatoms. The molecule has 0 spiro atoms. The Hall–Kier alpha value is -1.13. The zero-order valence-corrected chi connectivity index (χ0v) is 5.02. The number of alkyl halides is 3. The molecule has 0 aromatic rings. The number of hydrogen-bond donors (Lipinski definition) is 0. The van der Waals surface area contributed by atoms with Crippen LogP contribution in [-0.2, 0) is 0 Å². The van der Waals surface area contributed by atoms with Gasteiger partial charge in [-0.1, -0.05) is 0 Å². The van der Waals surface area contributed by atoms with E-state index in [4.69, 9.17) is 0 Å². The van der Waals surface area contributed by atoms with Crippen LogP contribution < -0.4 is 0 Å². The lowest BCUT2D eigenvalue weighted by Crippen LogP contribution is -2.09. The van der Waals surface area contributed by atoms with E-state index in [0.717, 1.165) is 0 Å². The van der Waals surface area contributed by atoms with Crippen molar-refractivity contribution in [1.82, 2.24) is 0 Å². The van der Waals surface area contributed by atoms with Crippen molar-refractivity contribution in [1.29, 1.82) is 0 Å². The van der Waals surface area contributed by atoms with Crippen LogP contribution in [0.5, 0.6) is 0 Å². The zero-order chi connectivity index (χ0) is 8.20. The fourth-order valence-electron chi connectivity index (χ4n) is 0.290. The Kier molecular flexibility index (Phi) is 2.79. The lowest BCUT2D eigenvalue weighted by atomic mass is 10.5. The highest BCUT2D eigenvalue weighted by Gasteiger charge is 2.33. The second-order valence-electron chi connectivity index (χ2n) is 1.35. The highest BCUT2D eigenvalue weighted by molar-refractivity contribution is 5.32. The largest absolute Gasteiger partial charge is 0.434 e. The number of rotatable bonds is 2. The highest BCUT2D eigenvalue weighted by atomic mass is 19.4. The third-order valence-electron chi connectivity index (χ3n) is 0.674. The van der Waals surface area contributed by atoms with Crippen LogP contribution in [0.3, 0.4) is 0 Å². The second kappa shape index (κ2) is 3.14. The average Bonchev–Trinajstić information content (AvgIpc) is 1.80. The summed E-state index contributed by atoms with van der Waals surface area (Å²) in [6.07, 6.45) is -3.98. The summed E-state index contributed by atoms with van der Waals surface area (Å²) in [5.74, 6) is 0. The van der Waals surface area contributed by atoms with Gasteiger partial charge in [-0.15, -0.1) is 0 Å². The van der Waals surface area contributed by atoms with Crippen LogP contribution in [0.15, 0.2) is 21.9 Å². The molecule has 56 valence electrons. The van der Waals surface area contributed by atoms with Gasteiger partial charge in [0.1, 0.15) is 0 Å². The van der Waals surface area contributed by atoms with Gasteiger partial charge in [-0.05, 0) is 13.4 Å². The monoisotopic (exact) mass is 150 g/mol. The van der Waals surface area contributed by atoms with Gasteiger partial charge in [0, 0.05) is 0 Å². The molecule has 0 aliphatic carbocycles. The fraction of sp³-hybridized carbons (Fsp3) is 0.200. The van der Waals surface area contributed by atoms with Crippen LogP contribution in [0.25, 0.3) is 0 Å². The predicted octanol–water partition coefficient (Wildman–Crippen LogP) is 1.79. The number of nitrogens with zero attached hydrogens (tertiary/aromatic N) is 2. The van der Waals surface area contributed by atoms with Crippen molar-refractivity contribution >= 4 is 13.4 Å². The van der Waals surface area contributed by atoms with E-state index < -0.39 is 11.9 Å². The molecule has 0 aromatic heterocycles. The smallest absolute Gasteiger partial charge is 0.270 e. The van der Waals surface area contributed by atoms with Gasteiger partial charge >= 0.3 is 6.18 Å². The minimum absolute atomic E-state index is 0.507. The van der Waals surface area contributed by atoms with Crippen molar-refractivity contribution < 1.29 is 13.2 Å². The SMILES string of the molecule is C=N/C=C(\N=C)C(F)(F)F. The summed E-state index contributed by atoms with van der Waals surface area (Å²) in [7, 11) is 0. The molecule has 0 radical (unpaired) electrons. The Labute approximate surface area is 55.8 Å². The lowest BCUT2D eigenvalue weighted by molar-refractivity contribution is -0.0923. The Balaban J connectivity index is 4.51. The molecule has 0 aromatic carbocycles. The van der Waals surface area contributed by atoms with Gasteiger partial charge < -0.3 is 0 Å². The second-order valence-corrected chi connectivity index (χ2v) is 1.35. The maximum atomic E-state index is 11.6. The first-order chi connectivity index (χ1) is 4.52. The molecule has 0 saturated carbocycles. The third kappa shape index (κ3) is 2.43. The van der Waals surface area contributed by atoms with E-state index >= 15 is 0 Å². The first-order valence-electron chi connectivity index (χ1n) is 2.22. The molecular formula is C5H5F3N2. The maximum Gasteiger partial charge on any atom is 0.434 e. The van der Waals surface area contributed by atoms with E-state index in [1.807, 2.05) is 0 Å². The third-order valence-corrected chi connectivity index (χ3v) is 0.674. The molecule has 0 heterocycles. The van der Waals surface area contributed by atoms with Gasteiger partial charge in [-0.3, -0.25) is 9.98 Å². The lowest BCUT2D eigenvalue weighted by Gasteiger charge is -2.02. The topological polar surface area (TPSA) is 24.7 Å². The van der Waals surface area contributed by atoms with Crippen LogP contribution in [-0.4, -0.2) is 19.6 Å². The average molecular weight is 150 g/mol. The van der Waals surface area contributed by atoms with Crippen molar-refractivity contribution in [3.63, 3.8) is 0 Å². The first kappa shape index (κ1) is 8.87. The summed E-state index contributed by atoms with van der Waals surface area (Å²) in [5, 5.41) is 0. The molecule has 0 aliphatic heterocycles. The van der Waals surface area contributed by atoms with Crippen LogP contribution in [0.2, 0.25) is 0 Å². The fourth-order valence-corrected chi connectivity index (χ4v) is 0.290. The molecule has 0 atom stereocenters. The van der Waals surface area contributed by atoms with E-state index in [2.05, 4.69) is 23.4 Å². The molecule has 2 nitrogen and oxygen atoms in total. The maximum absolute atomic E-state index is 11.6. The Bertz CT molecular complexity index is 168. The Morgan fingerprint density at radius 2 is 1.80 bits per heavy atom. The molecule has 0 saturated heterocycles. The normalized spacial score (nSPS) is 12.9. The van der Waals surface area contributed by atoms with Crippen LogP contribution >= 0.6 is 0 Å². The number of hydrogen-bond acceptors (Lipinski definition) is 2. The molecule has 0 N–H and O–H groups in total. The summed E-state index contributed by atoms with van der Waals surface area (Å²) in [5.41, 5.74) is -1.14. The van der Waals surface area contributed by atoms with Gasteiger partial charge in [0.05, 0.1) is 6.20 Å². The first-order valence-corrected chi connectivity index (χ1v) is 2.22. The standard InChI is InChI=1S/C5H5F3N2/c1-9-3-4(10-2)5(6,7)8/h3H,1-2H2/b4-3-. The molecule has 10 heavy (non-hydrogen) atoms. The summed E-state index contributed by atoms with van der Waals surface area (Å²) < 4.78 is 34.9. The summed E-state index contributed by atoms with van der Waals surface area (Å²) in [4.78, 5) is 5.61. The minimum Gasteiger partial charge on any atom is -0.270 e. The van der Waals surface area contributed by atoms with Crippen molar-refractivity contribution in [3.8, 4) is 0 Å². The number of halogens is 3. The summed E-state index contributed by atoms with van der Waals surface area (Å²) in [6.45, 7) is 5.57. The van der Waals surface area contributed by atoms with Crippen LogP contribution in [0.1, 0.15) is 0 Å². The van der Waals surface area contributed by atoms with Gasteiger partial charge in [0.2, 0.25) is 0 Å². The van der Waals surface area contributed by atoms with E-state index in [0.29, 0.717) is 6.20 Å². The minimum atomic E-state index is -4.48. The van der Waals surface area contributed by atoms with Gasteiger partial charge in [0.15, 0.2) is 5.70 Å². The number of aliphatic imine (C=N–C) groups is 2. The summed E-state index contributed by atoms with van der Waals surface area (Å²) in [6, 6.07) is 0. The van der Waals surface area contributed by atoms with E-state index in [1.54, 1.807) is 0 Å². The highest BCUT2D eigenvalue weighted by Crippen LogP contribution is 2.25. The quantitative estimate of drug-likeness (QED) is 0.536. The van der Waals surface area contributed by atoms with Crippen molar-refractivity contribution in [3.05, 3.63) is 11.9 Å². The van der Waals surface area contributed by atoms with Gasteiger partial charge in [-0.2, -0.15) is 13.2 Å². The van der Waals surface area contributed by atoms with Crippen molar-refractivity contribution in [2.75, 3.05) is 0 Å². The zero-order valence-electron chi connectivity index (χ0n) is 5.02. The molecule has 0 rings (SSSR count). The predicted molar refractivity (Wildman–Crippen MR) is 33.2 cm³/mol. The summed E-state index contributed by atoms with van der Waals surface area (Å²) >= 11 is 0. The van der Waals surface area contributed by atoms with Crippen molar-refractivity contribution in [2.24, 2.45) is 9.98 Å².